The van der Waals surface area contributed by atoms with E-state index in [9.17, 15) is 4.79 Å². The van der Waals surface area contributed by atoms with E-state index < -0.39 is 6.04 Å². The minimum Gasteiger partial charge on any atom is -0.374 e. The van der Waals surface area contributed by atoms with Crippen molar-refractivity contribution < 1.29 is 4.79 Å². The highest BCUT2D eigenvalue weighted by molar-refractivity contribution is 9.10. The lowest BCUT2D eigenvalue weighted by Gasteiger charge is -2.13. The van der Waals surface area contributed by atoms with E-state index in [1.54, 1.807) is 25.3 Å². The Morgan fingerprint density at radius 3 is 2.45 bits per heavy atom. The lowest BCUT2D eigenvalue weighted by molar-refractivity contribution is -0.121. The second-order valence-electron chi connectivity index (χ2n) is 4.66. The summed E-state index contributed by atoms with van der Waals surface area (Å²) < 4.78 is 0.995. The first-order valence-electron chi connectivity index (χ1n) is 6.65. The van der Waals surface area contributed by atoms with E-state index in [0.717, 1.165) is 15.7 Å². The zero-order valence-corrected chi connectivity index (χ0v) is 14.2. The van der Waals surface area contributed by atoms with Crippen LogP contribution in [-0.2, 0) is 4.79 Å². The Kier molecular flexibility index (Phi) is 5.98. The molecule has 1 unspecified atom stereocenters. The second-order valence-corrected chi connectivity index (χ2v) is 6.01. The van der Waals surface area contributed by atoms with Crippen molar-refractivity contribution >= 4 is 45.3 Å². The maximum absolute atomic E-state index is 11.9. The third-order valence-corrected chi connectivity index (χ3v) is 3.66. The van der Waals surface area contributed by atoms with Gasteiger partial charge in [0.2, 0.25) is 0 Å². The van der Waals surface area contributed by atoms with Crippen LogP contribution in [0.25, 0.3) is 0 Å². The predicted octanol–water partition coefficient (Wildman–Crippen LogP) is 4.05. The van der Waals surface area contributed by atoms with Gasteiger partial charge in [-0.25, -0.2) is 5.43 Å². The molecule has 0 saturated heterocycles. The summed E-state index contributed by atoms with van der Waals surface area (Å²) in [5, 5.41) is 7.68. The molecule has 1 amide bonds. The number of rotatable bonds is 5. The van der Waals surface area contributed by atoms with Gasteiger partial charge in [-0.05, 0) is 48.9 Å². The third kappa shape index (κ3) is 5.16. The van der Waals surface area contributed by atoms with Crippen LogP contribution in [0.2, 0.25) is 5.02 Å². The Morgan fingerprint density at radius 2 is 1.82 bits per heavy atom. The van der Waals surface area contributed by atoms with Crippen LogP contribution in [0.4, 0.5) is 5.69 Å². The highest BCUT2D eigenvalue weighted by Crippen LogP contribution is 2.14. The molecular formula is C16H15BrClN3O. The van der Waals surface area contributed by atoms with E-state index in [1.165, 1.54) is 0 Å². The molecule has 0 heterocycles. The average Bonchev–Trinajstić information content (AvgIpc) is 2.51. The standard InChI is InChI=1S/C16H15BrClN3O/c1-11(20-15-8-6-14(18)7-9-15)16(22)21-19-10-12-2-4-13(17)5-3-12/h2-11,20H,1H3,(H,21,22)/b19-10+. The molecule has 6 heteroatoms. The van der Waals surface area contributed by atoms with Crippen LogP contribution in [0.5, 0.6) is 0 Å². The van der Waals surface area contributed by atoms with Crippen LogP contribution >= 0.6 is 27.5 Å². The van der Waals surface area contributed by atoms with Gasteiger partial charge in [-0.1, -0.05) is 39.7 Å². The van der Waals surface area contributed by atoms with Gasteiger partial charge in [-0.2, -0.15) is 5.10 Å². The molecule has 2 N–H and O–H groups in total. The summed E-state index contributed by atoms with van der Waals surface area (Å²) in [5.41, 5.74) is 4.23. The summed E-state index contributed by atoms with van der Waals surface area (Å²) >= 11 is 9.18. The van der Waals surface area contributed by atoms with Crippen LogP contribution in [0.1, 0.15) is 12.5 Å². The van der Waals surface area contributed by atoms with Gasteiger partial charge in [0, 0.05) is 15.2 Å². The number of nitrogens with zero attached hydrogens (tertiary/aromatic N) is 1. The number of hydrazone groups is 1. The van der Waals surface area contributed by atoms with Crippen molar-refractivity contribution in [1.82, 2.24) is 5.43 Å². The maximum atomic E-state index is 11.9. The van der Waals surface area contributed by atoms with E-state index >= 15 is 0 Å². The van der Waals surface area contributed by atoms with Crippen LogP contribution in [0.3, 0.4) is 0 Å². The van der Waals surface area contributed by atoms with E-state index in [2.05, 4.69) is 31.8 Å². The average molecular weight is 381 g/mol. The Labute approximate surface area is 142 Å². The van der Waals surface area contributed by atoms with Crippen molar-refractivity contribution in [3.63, 3.8) is 0 Å². The first-order valence-corrected chi connectivity index (χ1v) is 7.82. The van der Waals surface area contributed by atoms with Crippen molar-refractivity contribution in [2.45, 2.75) is 13.0 Å². The zero-order valence-electron chi connectivity index (χ0n) is 11.9. The predicted molar refractivity (Wildman–Crippen MR) is 94.4 cm³/mol. The van der Waals surface area contributed by atoms with Crippen molar-refractivity contribution in [1.29, 1.82) is 0 Å². The molecule has 2 aromatic carbocycles. The number of halogens is 2. The highest BCUT2D eigenvalue weighted by Gasteiger charge is 2.11. The van der Waals surface area contributed by atoms with E-state index in [-0.39, 0.29) is 5.91 Å². The number of nitrogens with one attached hydrogen (secondary N) is 2. The number of hydrogen-bond acceptors (Lipinski definition) is 3. The summed E-state index contributed by atoms with van der Waals surface area (Å²) in [6.45, 7) is 1.76. The van der Waals surface area contributed by atoms with Crippen molar-refractivity contribution in [2.24, 2.45) is 5.10 Å². The van der Waals surface area contributed by atoms with Crippen LogP contribution in [-0.4, -0.2) is 18.2 Å². The molecule has 0 aliphatic heterocycles. The molecule has 22 heavy (non-hydrogen) atoms. The minimum atomic E-state index is -0.414. The smallest absolute Gasteiger partial charge is 0.262 e. The van der Waals surface area contributed by atoms with Gasteiger partial charge in [0.1, 0.15) is 6.04 Å². The summed E-state index contributed by atoms with van der Waals surface area (Å²) in [4.78, 5) is 11.9. The first-order chi connectivity index (χ1) is 10.5. The molecular weight excluding hydrogens is 366 g/mol. The van der Waals surface area contributed by atoms with Gasteiger partial charge in [0.15, 0.2) is 0 Å². The Bertz CT molecular complexity index is 656. The van der Waals surface area contributed by atoms with Gasteiger partial charge in [-0.3, -0.25) is 4.79 Å². The van der Waals surface area contributed by atoms with E-state index in [4.69, 9.17) is 11.6 Å². The molecule has 0 aliphatic carbocycles. The van der Waals surface area contributed by atoms with Gasteiger partial charge in [-0.15, -0.1) is 0 Å². The number of amides is 1. The molecule has 1 atom stereocenters. The minimum absolute atomic E-state index is 0.219. The van der Waals surface area contributed by atoms with Crippen LogP contribution < -0.4 is 10.7 Å². The fourth-order valence-corrected chi connectivity index (χ4v) is 2.07. The molecule has 0 saturated carbocycles. The van der Waals surface area contributed by atoms with Gasteiger partial charge in [0.05, 0.1) is 6.21 Å². The topological polar surface area (TPSA) is 53.5 Å². The number of anilines is 1. The monoisotopic (exact) mass is 379 g/mol. The largest absolute Gasteiger partial charge is 0.374 e. The summed E-state index contributed by atoms with van der Waals surface area (Å²) in [5.74, 6) is -0.219. The molecule has 2 rings (SSSR count). The molecule has 114 valence electrons. The molecule has 0 bridgehead atoms. The quantitative estimate of drug-likeness (QED) is 0.607. The van der Waals surface area contributed by atoms with Crippen molar-refractivity contribution in [3.05, 3.63) is 63.6 Å². The normalized spacial score (nSPS) is 12.1. The van der Waals surface area contributed by atoms with Gasteiger partial charge < -0.3 is 5.32 Å². The third-order valence-electron chi connectivity index (χ3n) is 2.88. The molecule has 0 radical (unpaired) electrons. The van der Waals surface area contributed by atoms with Crippen LogP contribution in [0, 0.1) is 0 Å². The highest BCUT2D eigenvalue weighted by atomic mass is 79.9. The Morgan fingerprint density at radius 1 is 1.18 bits per heavy atom. The Balaban J connectivity index is 1.85. The van der Waals surface area contributed by atoms with Crippen molar-refractivity contribution in [2.75, 3.05) is 5.32 Å². The molecule has 0 aliphatic rings. The second kappa shape index (κ2) is 7.96. The molecule has 4 nitrogen and oxygen atoms in total. The molecule has 0 spiro atoms. The molecule has 0 aromatic heterocycles. The number of hydrogen-bond donors (Lipinski definition) is 2. The summed E-state index contributed by atoms with van der Waals surface area (Å²) in [6.07, 6.45) is 1.60. The van der Waals surface area contributed by atoms with Crippen LogP contribution in [0.15, 0.2) is 58.1 Å². The molecule has 0 fully saturated rings. The lowest BCUT2D eigenvalue weighted by atomic mass is 10.2. The van der Waals surface area contributed by atoms with E-state index in [0.29, 0.717) is 5.02 Å². The number of benzene rings is 2. The first kappa shape index (κ1) is 16.5. The number of carbonyl (C=O) groups excluding carboxylic acids is 1. The number of carbonyl (C=O) groups is 1. The van der Waals surface area contributed by atoms with Crippen molar-refractivity contribution in [3.8, 4) is 0 Å². The fourth-order valence-electron chi connectivity index (χ4n) is 1.68. The summed E-state index contributed by atoms with van der Waals surface area (Å²) in [7, 11) is 0. The van der Waals surface area contributed by atoms with Gasteiger partial charge >= 0.3 is 0 Å². The van der Waals surface area contributed by atoms with E-state index in [1.807, 2.05) is 36.4 Å². The summed E-state index contributed by atoms with van der Waals surface area (Å²) in [6, 6.07) is 14.4. The molecule has 2 aromatic rings. The lowest BCUT2D eigenvalue weighted by Crippen LogP contribution is -2.34. The fraction of sp³-hybridized carbons (Fsp3) is 0.125. The zero-order chi connectivity index (χ0) is 15.9. The van der Waals surface area contributed by atoms with Gasteiger partial charge in [0.25, 0.3) is 5.91 Å². The Hall–Kier alpha value is -1.85. The SMILES string of the molecule is CC(Nc1ccc(Cl)cc1)C(=O)N/N=C/c1ccc(Br)cc1. The maximum Gasteiger partial charge on any atom is 0.262 e.